The highest BCUT2D eigenvalue weighted by molar-refractivity contribution is 6.30. The van der Waals surface area contributed by atoms with Gasteiger partial charge in [0.1, 0.15) is 11.2 Å². The van der Waals surface area contributed by atoms with Crippen molar-refractivity contribution in [2.24, 2.45) is 0 Å². The first-order valence-electron chi connectivity index (χ1n) is 18.5. The second-order valence-electron chi connectivity index (χ2n) is 14.1. The van der Waals surface area contributed by atoms with Crippen molar-refractivity contribution in [2.45, 2.75) is 0 Å². The molecule has 252 valence electrons. The first-order chi connectivity index (χ1) is 26.8. The topological polar surface area (TPSA) is 16.4 Å². The molecule has 0 fully saturated rings. The molecule has 0 aliphatic rings. The molecule has 0 unspecified atom stereocenters. The average molecular weight is 688 g/mol. The fourth-order valence-corrected chi connectivity index (χ4v) is 8.55. The van der Waals surface area contributed by atoms with E-state index in [0.717, 1.165) is 44.6 Å². The van der Waals surface area contributed by atoms with Crippen LogP contribution in [-0.4, -0.2) is 0 Å². The maximum absolute atomic E-state index is 6.51. The normalized spacial score (nSPS) is 11.7. The molecule has 2 heteroatoms. The van der Waals surface area contributed by atoms with Gasteiger partial charge in [0.25, 0.3) is 0 Å². The molecule has 1 heterocycles. The van der Waals surface area contributed by atoms with Crippen LogP contribution in [0.3, 0.4) is 0 Å². The molecule has 0 atom stereocenters. The second kappa shape index (κ2) is 12.2. The Morgan fingerprint density at radius 2 is 0.889 bits per heavy atom. The zero-order valence-electron chi connectivity index (χ0n) is 29.4. The lowest BCUT2D eigenvalue weighted by molar-refractivity contribution is 0.669. The molecule has 11 rings (SSSR count). The zero-order chi connectivity index (χ0) is 35.6. The quantitative estimate of drug-likeness (QED) is 0.168. The first-order valence-corrected chi connectivity index (χ1v) is 18.5. The summed E-state index contributed by atoms with van der Waals surface area (Å²) >= 11 is 0. The molecule has 0 spiro atoms. The van der Waals surface area contributed by atoms with Crippen molar-refractivity contribution in [3.05, 3.63) is 200 Å². The fraction of sp³-hybridized carbons (Fsp3) is 0. The lowest BCUT2D eigenvalue weighted by Gasteiger charge is -2.28. The predicted octanol–water partition coefficient (Wildman–Crippen LogP) is 15.0. The number of rotatable bonds is 5. The van der Waals surface area contributed by atoms with Gasteiger partial charge in [0.15, 0.2) is 0 Å². The van der Waals surface area contributed by atoms with Crippen LogP contribution in [0.4, 0.5) is 17.1 Å². The highest BCUT2D eigenvalue weighted by Gasteiger charge is 2.22. The minimum absolute atomic E-state index is 0.866. The van der Waals surface area contributed by atoms with Gasteiger partial charge in [-0.15, -0.1) is 0 Å². The van der Waals surface area contributed by atoms with Gasteiger partial charge >= 0.3 is 0 Å². The van der Waals surface area contributed by atoms with Gasteiger partial charge in [0, 0.05) is 39.0 Å². The summed E-state index contributed by atoms with van der Waals surface area (Å²) in [5, 5.41) is 12.1. The van der Waals surface area contributed by atoms with Crippen LogP contribution in [0.25, 0.3) is 87.3 Å². The Bertz CT molecular complexity index is 3230. The third-order valence-corrected chi connectivity index (χ3v) is 11.0. The van der Waals surface area contributed by atoms with Gasteiger partial charge in [0.05, 0.1) is 5.69 Å². The molecule has 0 aliphatic heterocycles. The van der Waals surface area contributed by atoms with Crippen LogP contribution in [0.5, 0.6) is 0 Å². The summed E-state index contributed by atoms with van der Waals surface area (Å²) in [6.45, 7) is 0. The Labute approximate surface area is 312 Å². The number of hydrogen-bond donors (Lipinski definition) is 0. The maximum atomic E-state index is 6.51. The molecule has 0 saturated carbocycles. The number of benzene rings is 10. The standard InChI is InChI=1S/C52H33NO/c1-2-13-34(14-3-1)41-19-8-9-20-42(41)37-17-12-18-39(31-37)53(40-28-30-46-45-23-10-11-24-49(45)54-50(46)33-40)48-32-38-26-25-35-15-4-6-21-43(35)51(38)52-44-22-7-5-16-36(44)27-29-47(48)52/h1-33H. The van der Waals surface area contributed by atoms with Crippen LogP contribution in [0.1, 0.15) is 0 Å². The molecule has 0 amide bonds. The third-order valence-electron chi connectivity index (χ3n) is 11.0. The van der Waals surface area contributed by atoms with Crippen molar-refractivity contribution in [3.8, 4) is 22.3 Å². The van der Waals surface area contributed by atoms with Crippen LogP contribution in [0.2, 0.25) is 0 Å². The van der Waals surface area contributed by atoms with E-state index >= 15 is 0 Å². The van der Waals surface area contributed by atoms with E-state index in [1.807, 2.05) is 12.1 Å². The first kappa shape index (κ1) is 30.5. The molecule has 0 saturated heterocycles. The molecular formula is C52H33NO. The molecule has 0 bridgehead atoms. The number of anilines is 3. The van der Waals surface area contributed by atoms with Crippen LogP contribution in [0.15, 0.2) is 205 Å². The van der Waals surface area contributed by atoms with Crippen LogP contribution in [-0.2, 0) is 0 Å². The van der Waals surface area contributed by atoms with Crippen LogP contribution in [0, 0.1) is 0 Å². The molecule has 54 heavy (non-hydrogen) atoms. The molecule has 0 N–H and O–H groups in total. The number of fused-ring (bicyclic) bond motifs is 10. The van der Waals surface area contributed by atoms with Crippen molar-refractivity contribution >= 4 is 82.1 Å². The summed E-state index contributed by atoms with van der Waals surface area (Å²) in [6, 6.07) is 72.4. The van der Waals surface area contributed by atoms with E-state index in [-0.39, 0.29) is 0 Å². The number of furan rings is 1. The highest BCUT2D eigenvalue weighted by atomic mass is 16.3. The summed E-state index contributed by atoms with van der Waals surface area (Å²) < 4.78 is 6.51. The van der Waals surface area contributed by atoms with Crippen molar-refractivity contribution in [2.75, 3.05) is 4.90 Å². The molecule has 10 aromatic carbocycles. The van der Waals surface area contributed by atoms with Gasteiger partial charge in [-0.2, -0.15) is 0 Å². The molecule has 0 aliphatic carbocycles. The Balaban J connectivity index is 1.22. The van der Waals surface area contributed by atoms with Gasteiger partial charge in [-0.3, -0.25) is 0 Å². The lowest BCUT2D eigenvalue weighted by Crippen LogP contribution is -2.11. The van der Waals surface area contributed by atoms with E-state index in [0.29, 0.717) is 0 Å². The summed E-state index contributed by atoms with van der Waals surface area (Å²) in [7, 11) is 0. The fourth-order valence-electron chi connectivity index (χ4n) is 8.55. The van der Waals surface area contributed by atoms with Gasteiger partial charge in [-0.1, -0.05) is 158 Å². The smallest absolute Gasteiger partial charge is 0.137 e. The van der Waals surface area contributed by atoms with Crippen molar-refractivity contribution in [1.29, 1.82) is 0 Å². The molecular weight excluding hydrogens is 655 g/mol. The number of hydrogen-bond acceptors (Lipinski definition) is 2. The van der Waals surface area contributed by atoms with Crippen molar-refractivity contribution < 1.29 is 4.42 Å². The van der Waals surface area contributed by atoms with Crippen molar-refractivity contribution in [1.82, 2.24) is 0 Å². The Morgan fingerprint density at radius 3 is 1.70 bits per heavy atom. The monoisotopic (exact) mass is 687 g/mol. The zero-order valence-corrected chi connectivity index (χ0v) is 29.4. The van der Waals surface area contributed by atoms with Crippen LogP contribution < -0.4 is 4.90 Å². The number of para-hydroxylation sites is 1. The predicted molar refractivity (Wildman–Crippen MR) is 229 cm³/mol. The van der Waals surface area contributed by atoms with E-state index in [9.17, 15) is 0 Å². The van der Waals surface area contributed by atoms with E-state index in [2.05, 4.69) is 193 Å². The summed E-state index contributed by atoms with van der Waals surface area (Å²) in [5.41, 5.74) is 9.73. The Hall–Kier alpha value is -7.16. The summed E-state index contributed by atoms with van der Waals surface area (Å²) in [5.74, 6) is 0. The molecule has 11 aromatic rings. The second-order valence-corrected chi connectivity index (χ2v) is 14.1. The van der Waals surface area contributed by atoms with E-state index < -0.39 is 0 Å². The summed E-state index contributed by atoms with van der Waals surface area (Å²) in [4.78, 5) is 2.42. The van der Waals surface area contributed by atoms with E-state index in [1.165, 1.54) is 59.8 Å². The average Bonchev–Trinajstić information content (AvgIpc) is 3.62. The minimum atomic E-state index is 0.866. The molecule has 2 nitrogen and oxygen atoms in total. The van der Waals surface area contributed by atoms with Crippen LogP contribution >= 0.6 is 0 Å². The van der Waals surface area contributed by atoms with Gasteiger partial charge in [-0.25, -0.2) is 0 Å². The molecule has 1 aromatic heterocycles. The van der Waals surface area contributed by atoms with Gasteiger partial charge in [-0.05, 0) is 91.0 Å². The third kappa shape index (κ3) is 4.81. The lowest BCUT2D eigenvalue weighted by atomic mass is 9.91. The summed E-state index contributed by atoms with van der Waals surface area (Å²) in [6.07, 6.45) is 0. The molecule has 0 radical (unpaired) electrons. The highest BCUT2D eigenvalue weighted by Crippen LogP contribution is 2.47. The van der Waals surface area contributed by atoms with Crippen molar-refractivity contribution in [3.63, 3.8) is 0 Å². The Kier molecular flexibility index (Phi) is 6.90. The SMILES string of the molecule is c1ccc(-c2ccccc2-c2cccc(N(c3ccc4c(c3)oc3ccccc34)c3cc4ccc5ccccc5c4c4c3ccc3ccccc34)c2)cc1. The minimum Gasteiger partial charge on any atom is -0.456 e. The Morgan fingerprint density at radius 1 is 0.315 bits per heavy atom. The van der Waals surface area contributed by atoms with E-state index in [4.69, 9.17) is 4.42 Å². The maximum Gasteiger partial charge on any atom is 0.137 e. The van der Waals surface area contributed by atoms with Gasteiger partial charge in [0.2, 0.25) is 0 Å². The number of nitrogens with zero attached hydrogens (tertiary/aromatic N) is 1. The largest absolute Gasteiger partial charge is 0.456 e. The van der Waals surface area contributed by atoms with E-state index in [1.54, 1.807) is 0 Å². The van der Waals surface area contributed by atoms with Gasteiger partial charge < -0.3 is 9.32 Å².